The molecule has 1 unspecified atom stereocenters. The van der Waals surface area contributed by atoms with Crippen molar-refractivity contribution >= 4 is 17.9 Å². The van der Waals surface area contributed by atoms with E-state index in [-0.39, 0.29) is 11.6 Å². The van der Waals surface area contributed by atoms with Crippen LogP contribution in [0, 0.1) is 5.82 Å². The van der Waals surface area contributed by atoms with E-state index in [2.05, 4.69) is 20.3 Å². The van der Waals surface area contributed by atoms with Gasteiger partial charge in [-0.2, -0.15) is 10.2 Å². The van der Waals surface area contributed by atoms with Gasteiger partial charge in [-0.15, -0.1) is 0 Å². The highest BCUT2D eigenvalue weighted by Gasteiger charge is 2.33. The van der Waals surface area contributed by atoms with Gasteiger partial charge in [0.15, 0.2) is 0 Å². The van der Waals surface area contributed by atoms with Crippen molar-refractivity contribution in [1.29, 1.82) is 0 Å². The third-order valence-electron chi connectivity index (χ3n) is 4.13. The molecule has 0 bridgehead atoms. The van der Waals surface area contributed by atoms with E-state index in [1.165, 1.54) is 30.3 Å². The molecule has 0 saturated heterocycles. The van der Waals surface area contributed by atoms with Crippen LogP contribution in [0.2, 0.25) is 0 Å². The second-order valence-corrected chi connectivity index (χ2v) is 6.81. The summed E-state index contributed by atoms with van der Waals surface area (Å²) in [6, 6.07) is 4.51. The zero-order valence-corrected chi connectivity index (χ0v) is 14.4. The number of aromatic amines is 1. The molecule has 3 aromatic rings. The Kier molecular flexibility index (Phi) is 4.43. The number of aliphatic hydroxyl groups excluding tert-OH is 1. The molecule has 4 rings (SSSR count). The molecular formula is C16H15FN6O2S. The number of rotatable bonds is 5. The number of hydrogen-bond donors (Lipinski definition) is 2. The first kappa shape index (κ1) is 16.7. The fourth-order valence-corrected chi connectivity index (χ4v) is 3.62. The minimum atomic E-state index is -1.02. The van der Waals surface area contributed by atoms with Gasteiger partial charge in [-0.3, -0.25) is 14.9 Å². The van der Waals surface area contributed by atoms with Crippen molar-refractivity contribution in [2.45, 2.75) is 24.0 Å². The van der Waals surface area contributed by atoms with Crippen LogP contribution >= 0.6 is 11.9 Å². The summed E-state index contributed by atoms with van der Waals surface area (Å²) in [6.45, 7) is 0.175. The van der Waals surface area contributed by atoms with Crippen molar-refractivity contribution in [2.24, 2.45) is 0 Å². The molecule has 0 aliphatic carbocycles. The summed E-state index contributed by atoms with van der Waals surface area (Å²) in [4.78, 5) is 18.2. The molecule has 0 radical (unpaired) electrons. The maximum absolute atomic E-state index is 13.9. The van der Waals surface area contributed by atoms with Crippen LogP contribution in [0.25, 0.3) is 0 Å². The second kappa shape index (κ2) is 6.89. The monoisotopic (exact) mass is 374 g/mol. The van der Waals surface area contributed by atoms with Crippen LogP contribution in [-0.2, 0) is 17.9 Å². The Bertz CT molecular complexity index is 905. The summed E-state index contributed by atoms with van der Waals surface area (Å²) in [5.41, 5.74) is 1.66. The Hall–Kier alpha value is -2.72. The van der Waals surface area contributed by atoms with Crippen LogP contribution in [0.1, 0.15) is 22.9 Å². The van der Waals surface area contributed by atoms with E-state index < -0.39 is 18.3 Å². The highest BCUT2D eigenvalue weighted by molar-refractivity contribution is 7.97. The van der Waals surface area contributed by atoms with Crippen molar-refractivity contribution < 1.29 is 14.3 Å². The molecule has 0 fully saturated rings. The number of amides is 1. The molecule has 1 atom stereocenters. The molecular weight excluding hydrogens is 359 g/mol. The number of H-pyrrole nitrogens is 1. The molecule has 1 aliphatic rings. The average molecular weight is 374 g/mol. The maximum Gasteiger partial charge on any atom is 0.234 e. The van der Waals surface area contributed by atoms with Gasteiger partial charge in [-0.25, -0.2) is 8.48 Å². The molecule has 4 heterocycles. The number of halogens is 1. The van der Waals surface area contributed by atoms with Crippen LogP contribution in [0.4, 0.5) is 4.39 Å². The zero-order valence-electron chi connectivity index (χ0n) is 13.5. The van der Waals surface area contributed by atoms with Crippen molar-refractivity contribution in [3.05, 3.63) is 59.6 Å². The number of carbonyl (C=O) groups excluding carboxylic acids is 1. The standard InChI is InChI=1S/C16H15FN6O2S/c17-12-2-1-4-18-15(12)11(9-24)16(25)22-6-10-7-23(21-13(10)8-22)26-14-3-5-19-20-14/h1-5,7,11,24H,6,8-9H2,(H,19,20). The number of aliphatic hydroxyl groups is 1. The van der Waals surface area contributed by atoms with Gasteiger partial charge in [-0.05, 0) is 18.2 Å². The van der Waals surface area contributed by atoms with Crippen LogP contribution in [0.5, 0.6) is 0 Å². The van der Waals surface area contributed by atoms with Crippen LogP contribution in [0.15, 0.2) is 41.8 Å². The van der Waals surface area contributed by atoms with E-state index in [9.17, 15) is 14.3 Å². The van der Waals surface area contributed by atoms with Gasteiger partial charge in [0.2, 0.25) is 5.91 Å². The Morgan fingerprint density at radius 3 is 2.96 bits per heavy atom. The number of fused-ring (bicyclic) bond motifs is 1. The highest BCUT2D eigenvalue weighted by Crippen LogP contribution is 2.28. The first-order chi connectivity index (χ1) is 12.7. The van der Waals surface area contributed by atoms with Gasteiger partial charge < -0.3 is 10.0 Å². The lowest BCUT2D eigenvalue weighted by Crippen LogP contribution is -2.33. The molecule has 134 valence electrons. The summed E-state index contributed by atoms with van der Waals surface area (Å²) in [5, 5.41) is 21.6. The molecule has 1 aliphatic heterocycles. The van der Waals surface area contributed by atoms with E-state index in [0.29, 0.717) is 13.1 Å². The molecule has 1 amide bonds. The quantitative estimate of drug-likeness (QED) is 0.699. The Labute approximate surface area is 152 Å². The third-order valence-corrected chi connectivity index (χ3v) is 4.93. The van der Waals surface area contributed by atoms with Crippen molar-refractivity contribution in [1.82, 2.24) is 29.3 Å². The lowest BCUT2D eigenvalue weighted by atomic mass is 10.0. The van der Waals surface area contributed by atoms with Crippen LogP contribution in [-0.4, -0.2) is 46.9 Å². The summed E-state index contributed by atoms with van der Waals surface area (Å²) in [6.07, 6.45) is 4.92. The molecule has 0 aromatic carbocycles. The predicted octanol–water partition coefficient (Wildman–Crippen LogP) is 1.31. The topological polar surface area (TPSA) is 99.9 Å². The molecule has 0 spiro atoms. The summed E-state index contributed by atoms with van der Waals surface area (Å²) >= 11 is 1.38. The Morgan fingerprint density at radius 1 is 1.38 bits per heavy atom. The van der Waals surface area contributed by atoms with E-state index >= 15 is 0 Å². The number of nitrogens with one attached hydrogen (secondary N) is 1. The minimum Gasteiger partial charge on any atom is -0.395 e. The third kappa shape index (κ3) is 3.08. The summed E-state index contributed by atoms with van der Waals surface area (Å²) in [7, 11) is 0. The van der Waals surface area contributed by atoms with Crippen molar-refractivity contribution in [2.75, 3.05) is 6.61 Å². The van der Waals surface area contributed by atoms with E-state index in [1.54, 1.807) is 15.2 Å². The van der Waals surface area contributed by atoms with Gasteiger partial charge in [0.05, 0.1) is 24.5 Å². The predicted molar refractivity (Wildman–Crippen MR) is 90.3 cm³/mol. The lowest BCUT2D eigenvalue weighted by Gasteiger charge is -2.21. The SMILES string of the molecule is O=C(C(CO)c1ncccc1F)N1Cc2cn(Sc3ccn[nH]3)nc2C1. The van der Waals surface area contributed by atoms with Gasteiger partial charge in [0.1, 0.15) is 16.8 Å². The Balaban J connectivity index is 1.48. The number of hydrogen-bond acceptors (Lipinski definition) is 6. The average Bonchev–Trinajstić information content (AvgIpc) is 3.34. The normalized spacial score (nSPS) is 14.5. The summed E-state index contributed by atoms with van der Waals surface area (Å²) in [5.74, 6) is -1.99. The molecule has 10 heteroatoms. The fourth-order valence-electron chi connectivity index (χ4n) is 2.88. The van der Waals surface area contributed by atoms with Crippen LogP contribution < -0.4 is 0 Å². The van der Waals surface area contributed by atoms with Gasteiger partial charge >= 0.3 is 0 Å². The van der Waals surface area contributed by atoms with Crippen molar-refractivity contribution in [3.8, 4) is 0 Å². The summed E-state index contributed by atoms with van der Waals surface area (Å²) < 4.78 is 15.6. The van der Waals surface area contributed by atoms with Gasteiger partial charge in [0.25, 0.3) is 0 Å². The maximum atomic E-state index is 13.9. The van der Waals surface area contributed by atoms with Gasteiger partial charge in [-0.1, -0.05) is 0 Å². The molecule has 0 saturated carbocycles. The lowest BCUT2D eigenvalue weighted by molar-refractivity contribution is -0.134. The molecule has 26 heavy (non-hydrogen) atoms. The molecule has 2 N–H and O–H groups in total. The fraction of sp³-hybridized carbons (Fsp3) is 0.250. The number of pyridine rings is 1. The molecule has 3 aromatic heterocycles. The van der Waals surface area contributed by atoms with Crippen LogP contribution in [0.3, 0.4) is 0 Å². The van der Waals surface area contributed by atoms with E-state index in [4.69, 9.17) is 0 Å². The second-order valence-electron chi connectivity index (χ2n) is 5.82. The van der Waals surface area contributed by atoms with Gasteiger partial charge in [0, 0.05) is 42.6 Å². The number of carbonyl (C=O) groups is 1. The minimum absolute atomic E-state index is 0.0376. The number of aromatic nitrogens is 5. The van der Waals surface area contributed by atoms with E-state index in [0.717, 1.165) is 16.3 Å². The molecule has 8 nitrogen and oxygen atoms in total. The van der Waals surface area contributed by atoms with Crippen molar-refractivity contribution in [3.63, 3.8) is 0 Å². The Morgan fingerprint density at radius 2 is 2.27 bits per heavy atom. The number of nitrogens with zero attached hydrogens (tertiary/aromatic N) is 5. The van der Waals surface area contributed by atoms with E-state index in [1.807, 2.05) is 12.3 Å². The largest absolute Gasteiger partial charge is 0.395 e. The first-order valence-electron chi connectivity index (χ1n) is 7.91. The highest BCUT2D eigenvalue weighted by atomic mass is 32.2. The zero-order chi connectivity index (χ0) is 18.1. The first-order valence-corrected chi connectivity index (χ1v) is 8.68. The smallest absolute Gasteiger partial charge is 0.234 e.